The Bertz CT molecular complexity index is 1630. The van der Waals surface area contributed by atoms with Gasteiger partial charge < -0.3 is 19.4 Å². The number of carbonyl (C=O) groups is 2. The number of hydrogen-bond acceptors (Lipinski definition) is 6. The van der Waals surface area contributed by atoms with Crippen LogP contribution >= 0.6 is 7.82 Å². The molecule has 0 bridgehead atoms. The van der Waals surface area contributed by atoms with E-state index in [2.05, 4.69) is 99.0 Å². The van der Waals surface area contributed by atoms with E-state index in [0.717, 1.165) is 103 Å². The highest BCUT2D eigenvalue weighted by molar-refractivity contribution is 7.47. The Kier molecular flexibility index (Phi) is 56.3. The van der Waals surface area contributed by atoms with Crippen molar-refractivity contribution in [3.63, 3.8) is 0 Å². The third kappa shape index (κ3) is 59.6. The molecule has 1 amide bonds. The Morgan fingerprint density at radius 3 is 1.22 bits per heavy atom. The highest BCUT2D eigenvalue weighted by atomic mass is 31.2. The lowest BCUT2D eigenvalue weighted by Gasteiger charge is -2.27. The molecule has 0 radical (unpaired) electrons. The Labute approximate surface area is 488 Å². The molecule has 0 aliphatic heterocycles. The first-order chi connectivity index (χ1) is 38.4. The number of nitrogens with one attached hydrogen (secondary N) is 1. The number of unbranched alkanes of at least 4 members (excludes halogenated alkanes) is 31. The van der Waals surface area contributed by atoms with Gasteiger partial charge in [-0.05, 0) is 83.1 Å². The van der Waals surface area contributed by atoms with E-state index in [1.54, 1.807) is 0 Å². The predicted molar refractivity (Wildman–Crippen MR) is 341 cm³/mol. The van der Waals surface area contributed by atoms with Crippen LogP contribution in [0.4, 0.5) is 0 Å². The molecule has 79 heavy (non-hydrogen) atoms. The Morgan fingerprint density at radius 2 is 0.810 bits per heavy atom. The first-order valence-electron chi connectivity index (χ1n) is 32.9. The summed E-state index contributed by atoms with van der Waals surface area (Å²) in [4.78, 5) is 37.8. The number of hydrogen-bond donors (Lipinski definition) is 2. The van der Waals surface area contributed by atoms with E-state index in [1.165, 1.54) is 148 Å². The van der Waals surface area contributed by atoms with Crippen molar-refractivity contribution in [3.8, 4) is 0 Å². The monoisotopic (exact) mass is 1130 g/mol. The number of quaternary nitrogens is 1. The average Bonchev–Trinajstić information content (AvgIpc) is 3.41. The van der Waals surface area contributed by atoms with E-state index in [4.69, 9.17) is 13.8 Å². The molecular weight excluding hydrogens is 1000 g/mol. The summed E-state index contributed by atoms with van der Waals surface area (Å²) in [5.41, 5.74) is 0. The molecule has 3 atom stereocenters. The molecular formula is C69H126N2O7P+. The first-order valence-corrected chi connectivity index (χ1v) is 34.4. The van der Waals surface area contributed by atoms with Crippen LogP contribution in [0.5, 0.6) is 0 Å². The number of allylic oxidation sites excluding steroid dienone is 13. The van der Waals surface area contributed by atoms with Gasteiger partial charge in [-0.25, -0.2) is 4.57 Å². The number of phosphoric acid groups is 1. The molecule has 0 aromatic rings. The fraction of sp³-hybridized carbons (Fsp3) is 0.768. The fourth-order valence-electron chi connectivity index (χ4n) is 9.30. The number of nitrogens with zero attached hydrogens (tertiary/aromatic N) is 1. The average molecular weight is 1130 g/mol. The van der Waals surface area contributed by atoms with Crippen molar-refractivity contribution in [2.75, 3.05) is 40.9 Å². The van der Waals surface area contributed by atoms with E-state index < -0.39 is 20.0 Å². The van der Waals surface area contributed by atoms with E-state index in [9.17, 15) is 19.0 Å². The van der Waals surface area contributed by atoms with Crippen LogP contribution in [0.25, 0.3) is 0 Å². The maximum Gasteiger partial charge on any atom is 0.472 e. The van der Waals surface area contributed by atoms with Crippen LogP contribution in [0.15, 0.2) is 85.1 Å². The maximum absolute atomic E-state index is 13.6. The number of esters is 1. The zero-order chi connectivity index (χ0) is 57.9. The Balaban J connectivity index is 5.19. The Hall–Kier alpha value is -2.81. The SMILES string of the molecule is CC/C=C\C/C=C\C/C=C\C/C=C\C/C=C\C/C=C\CCCCCCC(=O)NC(COP(=O)(O)OCC[N+](C)(C)C)C(/C=C/CCCCCCCCCCC)OC(=O)CCCCCCCCCCCCCCCCCCCCC. The van der Waals surface area contributed by atoms with E-state index in [1.807, 2.05) is 33.3 Å². The van der Waals surface area contributed by atoms with Crippen molar-refractivity contribution in [3.05, 3.63) is 85.1 Å². The van der Waals surface area contributed by atoms with Gasteiger partial charge >= 0.3 is 13.8 Å². The molecule has 3 unspecified atom stereocenters. The summed E-state index contributed by atoms with van der Waals surface area (Å²) in [5.74, 6) is -0.529. The van der Waals surface area contributed by atoms with Gasteiger partial charge in [-0.3, -0.25) is 18.6 Å². The van der Waals surface area contributed by atoms with Gasteiger partial charge in [0.25, 0.3) is 0 Å². The highest BCUT2D eigenvalue weighted by Gasteiger charge is 2.30. The fourth-order valence-corrected chi connectivity index (χ4v) is 10.0. The molecule has 458 valence electrons. The largest absolute Gasteiger partial charge is 0.472 e. The van der Waals surface area contributed by atoms with Gasteiger partial charge in [0.15, 0.2) is 0 Å². The molecule has 9 nitrogen and oxygen atoms in total. The maximum atomic E-state index is 13.6. The van der Waals surface area contributed by atoms with Crippen LogP contribution < -0.4 is 5.32 Å². The molecule has 0 aromatic heterocycles. The second-order valence-corrected chi connectivity index (χ2v) is 24.7. The Morgan fingerprint density at radius 1 is 0.456 bits per heavy atom. The normalized spacial score (nSPS) is 14.2. The van der Waals surface area contributed by atoms with Gasteiger partial charge in [0.2, 0.25) is 5.91 Å². The number of amides is 1. The second kappa shape index (κ2) is 58.4. The molecule has 0 spiro atoms. The van der Waals surface area contributed by atoms with Gasteiger partial charge in [0.1, 0.15) is 19.3 Å². The van der Waals surface area contributed by atoms with Gasteiger partial charge in [-0.2, -0.15) is 0 Å². The van der Waals surface area contributed by atoms with E-state index >= 15 is 0 Å². The lowest BCUT2D eigenvalue weighted by atomic mass is 10.0. The van der Waals surface area contributed by atoms with Gasteiger partial charge in [-0.1, -0.05) is 280 Å². The first kappa shape index (κ1) is 76.2. The summed E-state index contributed by atoms with van der Waals surface area (Å²) < 4.78 is 30.7. The number of phosphoric ester groups is 1. The van der Waals surface area contributed by atoms with Crippen LogP contribution in [0.2, 0.25) is 0 Å². The summed E-state index contributed by atoms with van der Waals surface area (Å²) >= 11 is 0. The highest BCUT2D eigenvalue weighted by Crippen LogP contribution is 2.43. The topological polar surface area (TPSA) is 111 Å². The van der Waals surface area contributed by atoms with Crippen molar-refractivity contribution >= 4 is 19.7 Å². The van der Waals surface area contributed by atoms with Crippen LogP contribution in [-0.2, 0) is 27.9 Å². The van der Waals surface area contributed by atoms with Gasteiger partial charge in [0.05, 0.1) is 33.8 Å². The van der Waals surface area contributed by atoms with E-state index in [0.29, 0.717) is 23.9 Å². The molecule has 0 saturated carbocycles. The second-order valence-electron chi connectivity index (χ2n) is 23.3. The number of carbonyl (C=O) groups excluding carboxylic acids is 2. The predicted octanol–water partition coefficient (Wildman–Crippen LogP) is 20.6. The summed E-state index contributed by atoms with van der Waals surface area (Å²) in [6, 6.07) is -0.864. The lowest BCUT2D eigenvalue weighted by molar-refractivity contribution is -0.870. The molecule has 0 aliphatic rings. The molecule has 0 heterocycles. The lowest BCUT2D eigenvalue weighted by Crippen LogP contribution is -2.47. The third-order valence-electron chi connectivity index (χ3n) is 14.3. The summed E-state index contributed by atoms with van der Waals surface area (Å²) in [6.45, 7) is 6.89. The van der Waals surface area contributed by atoms with Crippen LogP contribution in [-0.4, -0.2) is 74.3 Å². The zero-order valence-corrected chi connectivity index (χ0v) is 53.2. The molecule has 0 saturated heterocycles. The molecule has 0 aliphatic carbocycles. The summed E-state index contributed by atoms with van der Waals surface area (Å²) in [7, 11) is 1.48. The number of likely N-dealkylation sites (N-methyl/N-ethyl adjacent to an activating group) is 1. The quantitative estimate of drug-likeness (QED) is 0.0205. The van der Waals surface area contributed by atoms with Crippen molar-refractivity contribution < 1.29 is 37.3 Å². The van der Waals surface area contributed by atoms with Gasteiger partial charge in [0, 0.05) is 12.8 Å². The number of ether oxygens (including phenoxy) is 1. The van der Waals surface area contributed by atoms with E-state index in [-0.39, 0.29) is 31.5 Å². The molecule has 0 fully saturated rings. The van der Waals surface area contributed by atoms with Crippen LogP contribution in [0.3, 0.4) is 0 Å². The van der Waals surface area contributed by atoms with Crippen LogP contribution in [0, 0.1) is 0 Å². The molecule has 2 N–H and O–H groups in total. The standard InChI is InChI=1S/C69H125N2O7P/c1-7-10-13-16-19-22-25-27-29-31-33-34-35-36-38-39-41-43-46-49-52-55-58-61-68(72)70-66(65-77-79(74,75)76-64-63-71(4,5)6)67(60-57-54-51-48-45-24-21-18-15-12-9-3)78-69(73)62-59-56-53-50-47-44-42-40-37-32-30-28-26-23-20-17-14-11-8-2/h10,13,19,22,27,29,33-34,36,38,41,43,57,60,66-67H,7-9,11-12,14-18,20-21,23-26,28,30-32,35,37,39-40,42,44-56,58-59,61-65H2,1-6H3,(H-,70,72,74,75)/p+1/b13-10-,22-19-,29-27-,34-33-,38-36-,43-41-,60-57+. The molecule has 10 heteroatoms. The molecule has 0 rings (SSSR count). The van der Waals surface area contributed by atoms with Crippen molar-refractivity contribution in [2.45, 2.75) is 303 Å². The number of rotatable bonds is 59. The van der Waals surface area contributed by atoms with Crippen molar-refractivity contribution in [1.82, 2.24) is 5.32 Å². The summed E-state index contributed by atoms with van der Waals surface area (Å²) in [6.07, 6.45) is 77.3. The minimum absolute atomic E-state index is 0.0326. The van der Waals surface area contributed by atoms with Gasteiger partial charge in [-0.15, -0.1) is 0 Å². The van der Waals surface area contributed by atoms with Crippen molar-refractivity contribution in [1.29, 1.82) is 0 Å². The van der Waals surface area contributed by atoms with Crippen molar-refractivity contribution in [2.24, 2.45) is 0 Å². The summed E-state index contributed by atoms with van der Waals surface area (Å²) in [5, 5.41) is 3.05. The van der Waals surface area contributed by atoms with Crippen LogP contribution in [0.1, 0.15) is 290 Å². The molecule has 0 aromatic carbocycles. The smallest absolute Gasteiger partial charge is 0.456 e. The minimum Gasteiger partial charge on any atom is -0.456 e. The third-order valence-corrected chi connectivity index (χ3v) is 15.3. The minimum atomic E-state index is -4.46. The zero-order valence-electron chi connectivity index (χ0n) is 52.3.